The highest BCUT2D eigenvalue weighted by atomic mass is 28.2. The van der Waals surface area contributed by atoms with Gasteiger partial charge in [-0.2, -0.15) is 0 Å². The highest BCUT2D eigenvalue weighted by molar-refractivity contribution is 6.53. The zero-order valence-corrected chi connectivity index (χ0v) is 8.37. The van der Waals surface area contributed by atoms with Crippen LogP contribution in [0.25, 0.3) is 0 Å². The summed E-state index contributed by atoms with van der Waals surface area (Å²) in [4.78, 5) is 0. The second kappa shape index (κ2) is 4.91. The van der Waals surface area contributed by atoms with Crippen molar-refractivity contribution in [2.75, 3.05) is 0 Å². The van der Waals surface area contributed by atoms with Gasteiger partial charge in [0.1, 0.15) is 0 Å². The van der Waals surface area contributed by atoms with Crippen LogP contribution in [0.4, 0.5) is 0 Å². The summed E-state index contributed by atoms with van der Waals surface area (Å²) in [5.41, 5.74) is 0. The molecule has 0 bridgehead atoms. The average molecular weight is 162 g/mol. The summed E-state index contributed by atoms with van der Waals surface area (Å²) in [6.45, 7) is 2.08. The van der Waals surface area contributed by atoms with Gasteiger partial charge in [0.05, 0.1) is 9.52 Å². The van der Waals surface area contributed by atoms with Crippen molar-refractivity contribution in [1.82, 2.24) is 0 Å². The van der Waals surface area contributed by atoms with E-state index in [-0.39, 0.29) is 9.52 Å². The van der Waals surface area contributed by atoms with Crippen molar-refractivity contribution < 1.29 is 0 Å². The number of allylic oxidation sites excluding steroid dienone is 2. The lowest BCUT2D eigenvalue weighted by molar-refractivity contribution is 1.61. The van der Waals surface area contributed by atoms with Crippen molar-refractivity contribution in [3.63, 3.8) is 0 Å². The van der Waals surface area contributed by atoms with Gasteiger partial charge in [0, 0.05) is 0 Å². The zero-order valence-electron chi connectivity index (χ0n) is 6.96. The predicted molar refractivity (Wildman–Crippen MR) is 54.2 cm³/mol. The Kier molecular flexibility index (Phi) is 3.69. The third kappa shape index (κ3) is 3.19. The van der Waals surface area contributed by atoms with E-state index in [2.05, 4.69) is 49.4 Å². The largest absolute Gasteiger partial charge is 0.0920 e. The molecule has 11 heavy (non-hydrogen) atoms. The molecule has 1 rings (SSSR count). The summed E-state index contributed by atoms with van der Waals surface area (Å²) >= 11 is 0. The average Bonchev–Trinajstić information content (AvgIpc) is 2.07. The molecule has 58 valence electrons. The lowest BCUT2D eigenvalue weighted by atomic mass is 10.4. The number of hydrogen-bond acceptors (Lipinski definition) is 0. The molecule has 0 heterocycles. The first-order valence-corrected chi connectivity index (χ1v) is 5.79. The second-order valence-electron chi connectivity index (χ2n) is 2.59. The van der Waals surface area contributed by atoms with Gasteiger partial charge in [0.2, 0.25) is 0 Å². The molecule has 1 heteroatoms. The molecule has 0 spiro atoms. The van der Waals surface area contributed by atoms with Crippen LogP contribution in [0.15, 0.2) is 42.5 Å². The molecule has 0 fully saturated rings. The SMILES string of the molecule is C/C=C\C[SiH2]c1ccccc1. The van der Waals surface area contributed by atoms with Crippen LogP contribution in [-0.2, 0) is 0 Å². The molecule has 0 nitrogen and oxygen atoms in total. The number of benzene rings is 1. The molecule has 0 atom stereocenters. The molecule has 0 amide bonds. The van der Waals surface area contributed by atoms with E-state index in [1.807, 2.05) is 0 Å². The first-order chi connectivity index (χ1) is 5.43. The van der Waals surface area contributed by atoms with Crippen molar-refractivity contribution in [3.8, 4) is 0 Å². The van der Waals surface area contributed by atoms with Gasteiger partial charge in [-0.05, 0) is 13.0 Å². The predicted octanol–water partition coefficient (Wildman–Crippen LogP) is 1.48. The Morgan fingerprint density at radius 3 is 2.64 bits per heavy atom. The van der Waals surface area contributed by atoms with Crippen molar-refractivity contribution in [2.24, 2.45) is 0 Å². The van der Waals surface area contributed by atoms with Gasteiger partial charge in [-0.3, -0.25) is 0 Å². The minimum Gasteiger partial charge on any atom is -0.0920 e. The maximum Gasteiger partial charge on any atom is 0.0584 e. The Hall–Kier alpha value is -0.823. The fourth-order valence-corrected chi connectivity index (χ4v) is 2.50. The van der Waals surface area contributed by atoms with Crippen molar-refractivity contribution in [3.05, 3.63) is 42.5 Å². The molecule has 0 N–H and O–H groups in total. The lowest BCUT2D eigenvalue weighted by Crippen LogP contribution is -2.11. The van der Waals surface area contributed by atoms with Gasteiger partial charge in [0.25, 0.3) is 0 Å². The fourth-order valence-electron chi connectivity index (χ4n) is 1.06. The van der Waals surface area contributed by atoms with Crippen molar-refractivity contribution in [2.45, 2.75) is 13.0 Å². The Balaban J connectivity index is 2.39. The monoisotopic (exact) mass is 162 g/mol. The van der Waals surface area contributed by atoms with Crippen molar-refractivity contribution in [1.29, 1.82) is 0 Å². The van der Waals surface area contributed by atoms with Gasteiger partial charge in [-0.1, -0.05) is 47.7 Å². The lowest BCUT2D eigenvalue weighted by Gasteiger charge is -1.94. The van der Waals surface area contributed by atoms with Crippen LogP contribution < -0.4 is 5.19 Å². The molecule has 0 aliphatic carbocycles. The summed E-state index contributed by atoms with van der Waals surface area (Å²) in [6, 6.07) is 12.1. The van der Waals surface area contributed by atoms with E-state index in [1.165, 1.54) is 6.04 Å². The maximum atomic E-state index is 2.26. The normalized spacial score (nSPS) is 11.7. The molecule has 0 aliphatic heterocycles. The van der Waals surface area contributed by atoms with Crippen LogP contribution in [-0.4, -0.2) is 9.52 Å². The van der Waals surface area contributed by atoms with E-state index >= 15 is 0 Å². The summed E-state index contributed by atoms with van der Waals surface area (Å²) in [5, 5.41) is 1.56. The van der Waals surface area contributed by atoms with E-state index in [0.717, 1.165) is 0 Å². The highest BCUT2D eigenvalue weighted by Crippen LogP contribution is 1.85. The molecule has 0 saturated heterocycles. The maximum absolute atomic E-state index is 2.26. The zero-order chi connectivity index (χ0) is 7.94. The molecule has 0 aliphatic rings. The minimum absolute atomic E-state index is 0.00921. The first kappa shape index (κ1) is 8.28. The van der Waals surface area contributed by atoms with Crippen LogP contribution in [0.1, 0.15) is 6.92 Å². The van der Waals surface area contributed by atoms with E-state index in [1.54, 1.807) is 5.19 Å². The number of hydrogen-bond donors (Lipinski definition) is 0. The fraction of sp³-hybridized carbons (Fsp3) is 0.200. The summed E-state index contributed by atoms with van der Waals surface area (Å²) in [6.07, 6.45) is 4.40. The topological polar surface area (TPSA) is 0 Å². The van der Waals surface area contributed by atoms with E-state index in [9.17, 15) is 0 Å². The standard InChI is InChI=1S/C10H14Si/c1-2-3-9-11-10-7-5-4-6-8-10/h2-8H,9,11H2,1H3/b3-2-. The molecule has 0 unspecified atom stereocenters. The third-order valence-electron chi connectivity index (χ3n) is 1.68. The van der Waals surface area contributed by atoms with Gasteiger partial charge in [-0.15, -0.1) is 0 Å². The van der Waals surface area contributed by atoms with Crippen LogP contribution >= 0.6 is 0 Å². The third-order valence-corrected chi connectivity index (χ3v) is 3.35. The molecule has 0 radical (unpaired) electrons. The molecular formula is C10H14Si. The van der Waals surface area contributed by atoms with Gasteiger partial charge in [0.15, 0.2) is 0 Å². The Morgan fingerprint density at radius 1 is 1.27 bits per heavy atom. The Morgan fingerprint density at radius 2 is 2.00 bits per heavy atom. The summed E-state index contributed by atoms with van der Waals surface area (Å²) in [7, 11) is -0.00921. The van der Waals surface area contributed by atoms with E-state index < -0.39 is 0 Å². The summed E-state index contributed by atoms with van der Waals surface area (Å²) < 4.78 is 0. The van der Waals surface area contributed by atoms with Crippen LogP contribution in [0.2, 0.25) is 6.04 Å². The molecule has 0 saturated carbocycles. The van der Waals surface area contributed by atoms with E-state index in [4.69, 9.17) is 0 Å². The highest BCUT2D eigenvalue weighted by Gasteiger charge is 1.87. The Labute approximate surface area is 70.8 Å². The molecular weight excluding hydrogens is 148 g/mol. The van der Waals surface area contributed by atoms with Crippen LogP contribution in [0.5, 0.6) is 0 Å². The second-order valence-corrected chi connectivity index (χ2v) is 4.49. The Bertz CT molecular complexity index is 214. The van der Waals surface area contributed by atoms with Crippen LogP contribution in [0, 0.1) is 0 Å². The van der Waals surface area contributed by atoms with Gasteiger partial charge >= 0.3 is 0 Å². The quantitative estimate of drug-likeness (QED) is 0.466. The van der Waals surface area contributed by atoms with Crippen LogP contribution in [0.3, 0.4) is 0 Å². The first-order valence-electron chi connectivity index (χ1n) is 4.08. The van der Waals surface area contributed by atoms with E-state index in [0.29, 0.717) is 0 Å². The van der Waals surface area contributed by atoms with Gasteiger partial charge in [-0.25, -0.2) is 0 Å². The molecule has 0 aromatic heterocycles. The smallest absolute Gasteiger partial charge is 0.0584 e. The number of rotatable bonds is 3. The molecule has 1 aromatic rings. The van der Waals surface area contributed by atoms with Crippen molar-refractivity contribution >= 4 is 14.7 Å². The summed E-state index contributed by atoms with van der Waals surface area (Å²) in [5.74, 6) is 0. The molecule has 1 aromatic carbocycles. The minimum atomic E-state index is -0.00921. The van der Waals surface area contributed by atoms with Gasteiger partial charge < -0.3 is 0 Å².